The van der Waals surface area contributed by atoms with E-state index in [1.165, 1.54) is 32.1 Å². The summed E-state index contributed by atoms with van der Waals surface area (Å²) < 4.78 is 22.0. The van der Waals surface area contributed by atoms with Gasteiger partial charge >= 0.3 is 11.9 Å². The summed E-state index contributed by atoms with van der Waals surface area (Å²) in [5.74, 6) is -0.935. The first-order valence-electron chi connectivity index (χ1n) is 22.4. The van der Waals surface area contributed by atoms with E-state index in [1.54, 1.807) is 0 Å². The van der Waals surface area contributed by atoms with Gasteiger partial charge < -0.3 is 39.4 Å². The number of aliphatic hydroxyl groups is 4. The zero-order valence-electron chi connectivity index (χ0n) is 36.3. The Kier molecular flexibility index (Phi) is 35.3. The van der Waals surface area contributed by atoms with Crippen molar-refractivity contribution in [3.05, 3.63) is 90.8 Å². The summed E-state index contributed by atoms with van der Waals surface area (Å²) in [6.07, 6.45) is 40.9. The molecule has 0 spiro atoms. The van der Waals surface area contributed by atoms with Gasteiger partial charge in [0.2, 0.25) is 0 Å². The van der Waals surface area contributed by atoms with Gasteiger partial charge in [-0.25, -0.2) is 0 Å². The minimum atomic E-state index is -1.61. The van der Waals surface area contributed by atoms with Crippen LogP contribution in [-0.4, -0.2) is 89.0 Å². The third-order valence-corrected chi connectivity index (χ3v) is 9.55. The first-order valence-corrected chi connectivity index (χ1v) is 22.4. The molecule has 0 aliphatic carbocycles. The fourth-order valence-electron chi connectivity index (χ4n) is 6.01. The minimum absolute atomic E-state index is 0.140. The Balaban J connectivity index is 2.42. The molecule has 10 heteroatoms. The van der Waals surface area contributed by atoms with E-state index in [0.717, 1.165) is 77.0 Å². The number of esters is 2. The lowest BCUT2D eigenvalue weighted by Gasteiger charge is -2.39. The number of ether oxygens (including phenoxy) is 4. The predicted molar refractivity (Wildman–Crippen MR) is 236 cm³/mol. The molecule has 0 aromatic heterocycles. The Labute approximate surface area is 356 Å². The molecule has 0 radical (unpaired) electrons. The van der Waals surface area contributed by atoms with E-state index in [0.29, 0.717) is 12.8 Å². The van der Waals surface area contributed by atoms with Crippen LogP contribution in [0.15, 0.2) is 90.8 Å². The maximum atomic E-state index is 12.8. The normalized spacial score (nSPS) is 20.4. The van der Waals surface area contributed by atoms with E-state index in [-0.39, 0.29) is 26.1 Å². The van der Waals surface area contributed by atoms with Crippen molar-refractivity contribution in [3.63, 3.8) is 0 Å². The van der Waals surface area contributed by atoms with Crippen molar-refractivity contribution in [1.82, 2.24) is 0 Å². The Bertz CT molecular complexity index is 1290. The van der Waals surface area contributed by atoms with E-state index >= 15 is 0 Å². The molecule has 0 aromatic rings. The largest absolute Gasteiger partial charge is 0.462 e. The number of carbonyl (C=O) groups is 2. The molecule has 4 N–H and O–H groups in total. The number of allylic oxidation sites excluding steroid dienone is 13. The van der Waals surface area contributed by atoms with Crippen LogP contribution in [0.5, 0.6) is 0 Å². The molecule has 59 heavy (non-hydrogen) atoms. The van der Waals surface area contributed by atoms with Crippen LogP contribution >= 0.6 is 0 Å². The molecule has 6 atom stereocenters. The average Bonchev–Trinajstić information content (AvgIpc) is 3.23. The highest BCUT2D eigenvalue weighted by molar-refractivity contribution is 5.70. The summed E-state index contributed by atoms with van der Waals surface area (Å²) >= 11 is 0. The topological polar surface area (TPSA) is 152 Å². The fourth-order valence-corrected chi connectivity index (χ4v) is 6.01. The second kappa shape index (κ2) is 38.8. The molecule has 1 aliphatic rings. The molecule has 0 bridgehead atoms. The Morgan fingerprint density at radius 1 is 0.593 bits per heavy atom. The van der Waals surface area contributed by atoms with Gasteiger partial charge in [-0.1, -0.05) is 132 Å². The maximum Gasteiger partial charge on any atom is 0.306 e. The van der Waals surface area contributed by atoms with Crippen molar-refractivity contribution >= 4 is 11.9 Å². The standard InChI is InChI=1S/C49H78O10/c1-3-5-7-9-11-13-15-17-19-20-21-22-24-25-27-29-31-33-35-37-44(51)56-40-42(41-57-49-48(55)47(54)46(53)43(39-50)59-49)58-45(52)38-36-34-32-30-28-26-23-18-16-14-12-10-8-6-4-2/h5,7,11,13,16-17,19,21-23,25,27,31,33,42-43,46-50,53-55H,3-4,6,8-10,12,14-15,20,24,26,28-30,32,34-41H2,1-2H3/b7-5+,13-11+,19-17+,22-21+,27-25+,33-31+/t18?,42-,43-,46+,47?,48?,49-/m0/s1. The molecule has 2 unspecified atom stereocenters. The average molecular weight is 827 g/mol. The van der Waals surface area contributed by atoms with Crippen LogP contribution < -0.4 is 0 Å². The molecule has 0 amide bonds. The SMILES string of the molecule is CC/C=C/C/C=C/C/C=C/C/C=C/C/C=C/C/C=C/CCC(=O)OC[C@@H](CO[C@H]1O[C@@H](CO)[C@@H](O)C(O)C1O)OC(=O)CCCCCCCC=C=CCCCCCCC. The molecular weight excluding hydrogens is 749 g/mol. The molecule has 1 aliphatic heterocycles. The number of carbonyl (C=O) groups excluding carboxylic acids is 2. The number of hydrogen-bond acceptors (Lipinski definition) is 10. The lowest BCUT2D eigenvalue weighted by Crippen LogP contribution is -2.59. The van der Waals surface area contributed by atoms with Gasteiger partial charge in [-0.15, -0.1) is 5.73 Å². The highest BCUT2D eigenvalue weighted by Gasteiger charge is 2.44. The van der Waals surface area contributed by atoms with Crippen molar-refractivity contribution in [2.75, 3.05) is 19.8 Å². The molecule has 0 aromatic carbocycles. The minimum Gasteiger partial charge on any atom is -0.462 e. The fraction of sp³-hybridized carbons (Fsp3) is 0.653. The van der Waals surface area contributed by atoms with Gasteiger partial charge in [-0.05, 0) is 89.2 Å². The highest BCUT2D eigenvalue weighted by atomic mass is 16.7. The van der Waals surface area contributed by atoms with Gasteiger partial charge in [0, 0.05) is 12.8 Å². The number of hydrogen-bond donors (Lipinski definition) is 4. The quantitative estimate of drug-likeness (QED) is 0.0210. The van der Waals surface area contributed by atoms with Crippen LogP contribution in [0.2, 0.25) is 0 Å². The van der Waals surface area contributed by atoms with Crippen LogP contribution in [0.25, 0.3) is 0 Å². The van der Waals surface area contributed by atoms with Gasteiger partial charge in [-0.3, -0.25) is 9.59 Å². The van der Waals surface area contributed by atoms with Crippen LogP contribution in [0.1, 0.15) is 149 Å². The van der Waals surface area contributed by atoms with E-state index in [1.807, 2.05) is 12.2 Å². The smallest absolute Gasteiger partial charge is 0.306 e. The van der Waals surface area contributed by atoms with Crippen LogP contribution in [0, 0.1) is 0 Å². The van der Waals surface area contributed by atoms with E-state index in [2.05, 4.69) is 92.5 Å². The van der Waals surface area contributed by atoms with Gasteiger partial charge in [0.05, 0.1) is 13.2 Å². The Hall–Kier alpha value is -3.34. The molecule has 1 saturated heterocycles. The zero-order valence-corrected chi connectivity index (χ0v) is 36.3. The van der Waals surface area contributed by atoms with Gasteiger partial charge in [0.25, 0.3) is 0 Å². The summed E-state index contributed by atoms with van der Waals surface area (Å²) in [6.45, 7) is 3.17. The van der Waals surface area contributed by atoms with Gasteiger partial charge in [-0.2, -0.15) is 0 Å². The monoisotopic (exact) mass is 827 g/mol. The van der Waals surface area contributed by atoms with Gasteiger partial charge in [0.1, 0.15) is 31.0 Å². The molecule has 10 nitrogen and oxygen atoms in total. The third-order valence-electron chi connectivity index (χ3n) is 9.55. The second-order valence-electron chi connectivity index (χ2n) is 14.9. The van der Waals surface area contributed by atoms with Crippen molar-refractivity contribution < 1.29 is 49.0 Å². The van der Waals surface area contributed by atoms with Crippen molar-refractivity contribution in [1.29, 1.82) is 0 Å². The lowest BCUT2D eigenvalue weighted by atomic mass is 9.99. The third kappa shape index (κ3) is 30.4. The molecular formula is C49H78O10. The molecule has 1 fully saturated rings. The highest BCUT2D eigenvalue weighted by Crippen LogP contribution is 2.22. The van der Waals surface area contributed by atoms with E-state index < -0.39 is 55.4 Å². The van der Waals surface area contributed by atoms with Crippen LogP contribution in [0.3, 0.4) is 0 Å². The van der Waals surface area contributed by atoms with Gasteiger partial charge in [0.15, 0.2) is 12.4 Å². The summed E-state index contributed by atoms with van der Waals surface area (Å²) in [5, 5.41) is 40.1. The first kappa shape index (κ1) is 53.7. The molecule has 1 rings (SSSR count). The number of aliphatic hydroxyl groups excluding tert-OH is 4. The summed E-state index contributed by atoms with van der Waals surface area (Å²) in [5.41, 5.74) is 3.29. The lowest BCUT2D eigenvalue weighted by molar-refractivity contribution is -0.305. The summed E-state index contributed by atoms with van der Waals surface area (Å²) in [6, 6.07) is 0. The van der Waals surface area contributed by atoms with Crippen LogP contribution in [0.4, 0.5) is 0 Å². The summed E-state index contributed by atoms with van der Waals surface area (Å²) in [7, 11) is 0. The molecule has 0 saturated carbocycles. The van der Waals surface area contributed by atoms with Crippen LogP contribution in [-0.2, 0) is 28.5 Å². The molecule has 334 valence electrons. The predicted octanol–water partition coefficient (Wildman–Crippen LogP) is 9.54. The van der Waals surface area contributed by atoms with Crippen molar-refractivity contribution in [2.24, 2.45) is 0 Å². The zero-order chi connectivity index (χ0) is 43.0. The van der Waals surface area contributed by atoms with E-state index in [4.69, 9.17) is 18.9 Å². The second-order valence-corrected chi connectivity index (χ2v) is 14.9. The maximum absolute atomic E-state index is 12.8. The summed E-state index contributed by atoms with van der Waals surface area (Å²) in [4.78, 5) is 25.3. The van der Waals surface area contributed by atoms with Crippen molar-refractivity contribution in [3.8, 4) is 0 Å². The number of unbranched alkanes of at least 4 members (excludes halogenated alkanes) is 10. The van der Waals surface area contributed by atoms with Crippen molar-refractivity contribution in [2.45, 2.75) is 185 Å². The first-order chi connectivity index (χ1) is 28.8. The van der Waals surface area contributed by atoms with E-state index in [9.17, 15) is 30.0 Å². The number of rotatable bonds is 35. The Morgan fingerprint density at radius 2 is 1.12 bits per heavy atom. The molecule has 1 heterocycles. The Morgan fingerprint density at radius 3 is 1.68 bits per heavy atom.